The van der Waals surface area contributed by atoms with Gasteiger partial charge in [-0.3, -0.25) is 4.79 Å². The van der Waals surface area contributed by atoms with Gasteiger partial charge in [-0.2, -0.15) is 5.10 Å². The van der Waals surface area contributed by atoms with Gasteiger partial charge in [0.15, 0.2) is 0 Å². The van der Waals surface area contributed by atoms with Gasteiger partial charge in [0.05, 0.1) is 28.5 Å². The zero-order valence-corrected chi connectivity index (χ0v) is 13.4. The van der Waals surface area contributed by atoms with Gasteiger partial charge in [0, 0.05) is 0 Å². The van der Waals surface area contributed by atoms with Gasteiger partial charge in [0.1, 0.15) is 10.8 Å². The lowest BCUT2D eigenvalue weighted by Gasteiger charge is -2.07. The highest BCUT2D eigenvalue weighted by Gasteiger charge is 2.15. The summed E-state index contributed by atoms with van der Waals surface area (Å²) in [7, 11) is 0. The third kappa shape index (κ3) is 2.69. The number of nitrogens with one attached hydrogen (secondary N) is 1. The lowest BCUT2D eigenvalue weighted by Crippen LogP contribution is -2.24. The van der Waals surface area contributed by atoms with Gasteiger partial charge in [0.25, 0.3) is 5.91 Å². The summed E-state index contributed by atoms with van der Waals surface area (Å²) in [5.74, 6) is -0.946. The summed E-state index contributed by atoms with van der Waals surface area (Å²) in [6.07, 6.45) is 0. The van der Waals surface area contributed by atoms with Crippen molar-refractivity contribution >= 4 is 33.8 Å². The van der Waals surface area contributed by atoms with Crippen LogP contribution in [0.3, 0.4) is 0 Å². The Labute approximate surface area is 134 Å². The highest BCUT2D eigenvalue weighted by molar-refractivity contribution is 7.16. The Bertz CT molecular complexity index is 873. The molecular formula is C14H12ClFN4OS. The van der Waals surface area contributed by atoms with Crippen molar-refractivity contribution in [3.63, 3.8) is 0 Å². The second kappa shape index (κ2) is 5.66. The maximum Gasteiger partial charge on any atom is 0.253 e. The van der Waals surface area contributed by atoms with Crippen LogP contribution in [0.2, 0.25) is 5.02 Å². The monoisotopic (exact) mass is 338 g/mol. The first kappa shape index (κ1) is 14.9. The Morgan fingerprint density at radius 1 is 1.45 bits per heavy atom. The minimum Gasteiger partial charge on any atom is -0.346 e. The van der Waals surface area contributed by atoms with E-state index >= 15 is 0 Å². The molecule has 0 aliphatic rings. The fraction of sp³-hybridized carbons (Fsp3) is 0.214. The summed E-state index contributed by atoms with van der Waals surface area (Å²) in [6, 6.07) is 3.68. The Balaban J connectivity index is 1.83. The smallest absolute Gasteiger partial charge is 0.253 e. The second-order valence-corrected chi connectivity index (χ2v) is 6.33. The number of hydrogen-bond acceptors (Lipinski definition) is 4. The van der Waals surface area contributed by atoms with E-state index in [4.69, 9.17) is 11.6 Å². The van der Waals surface area contributed by atoms with Gasteiger partial charge in [0.2, 0.25) is 4.96 Å². The number of imidazole rings is 1. The topological polar surface area (TPSA) is 59.3 Å². The van der Waals surface area contributed by atoms with E-state index in [1.807, 2.05) is 13.8 Å². The quantitative estimate of drug-likeness (QED) is 0.798. The molecule has 0 atom stereocenters. The highest BCUT2D eigenvalue weighted by atomic mass is 35.5. The molecule has 0 saturated heterocycles. The van der Waals surface area contributed by atoms with E-state index in [-0.39, 0.29) is 17.1 Å². The van der Waals surface area contributed by atoms with Gasteiger partial charge in [-0.05, 0) is 32.0 Å². The Morgan fingerprint density at radius 2 is 2.23 bits per heavy atom. The number of hydrogen-bond donors (Lipinski definition) is 1. The maximum absolute atomic E-state index is 13.2. The van der Waals surface area contributed by atoms with Crippen LogP contribution < -0.4 is 5.32 Å². The van der Waals surface area contributed by atoms with Crippen LogP contribution in [0.15, 0.2) is 18.2 Å². The van der Waals surface area contributed by atoms with Gasteiger partial charge >= 0.3 is 0 Å². The van der Waals surface area contributed by atoms with E-state index < -0.39 is 11.7 Å². The van der Waals surface area contributed by atoms with Gasteiger partial charge in [-0.15, -0.1) is 0 Å². The summed E-state index contributed by atoms with van der Waals surface area (Å²) >= 11 is 7.41. The number of rotatable bonds is 3. The van der Waals surface area contributed by atoms with Crippen molar-refractivity contribution in [1.82, 2.24) is 19.9 Å². The summed E-state index contributed by atoms with van der Waals surface area (Å²) in [5, 5.41) is 8.18. The number of aromatic nitrogens is 3. The number of halogens is 2. The molecule has 2 aromatic heterocycles. The van der Waals surface area contributed by atoms with Crippen molar-refractivity contribution in [2.45, 2.75) is 20.4 Å². The Morgan fingerprint density at radius 3 is 3.00 bits per heavy atom. The van der Waals surface area contributed by atoms with Crippen molar-refractivity contribution in [1.29, 1.82) is 0 Å². The van der Waals surface area contributed by atoms with E-state index in [1.54, 1.807) is 4.52 Å². The predicted molar refractivity (Wildman–Crippen MR) is 82.9 cm³/mol. The first-order chi connectivity index (χ1) is 10.5. The lowest BCUT2D eigenvalue weighted by atomic mass is 10.2. The van der Waals surface area contributed by atoms with Crippen molar-refractivity contribution < 1.29 is 9.18 Å². The van der Waals surface area contributed by atoms with Crippen LogP contribution in [0.25, 0.3) is 4.96 Å². The largest absolute Gasteiger partial charge is 0.346 e. The maximum atomic E-state index is 13.2. The fourth-order valence-electron chi connectivity index (χ4n) is 2.12. The van der Waals surface area contributed by atoms with Crippen molar-refractivity contribution in [3.05, 3.63) is 51.0 Å². The number of fused-ring (bicyclic) bond motifs is 1. The molecule has 0 aliphatic heterocycles. The molecule has 0 aliphatic carbocycles. The number of benzene rings is 1. The standard InChI is InChI=1S/C14H12ClFN4OS/c1-7-12(20-14(18-7)22-8(2)19-20)6-17-13(21)10-5-9(16)3-4-11(10)15/h3-5H,6H2,1-2H3,(H,17,21). The van der Waals surface area contributed by atoms with Crippen LogP contribution in [-0.2, 0) is 6.54 Å². The lowest BCUT2D eigenvalue weighted by molar-refractivity contribution is 0.0950. The van der Waals surface area contributed by atoms with Crippen LogP contribution in [0.5, 0.6) is 0 Å². The summed E-state index contributed by atoms with van der Waals surface area (Å²) in [6.45, 7) is 3.98. The molecule has 3 rings (SSSR count). The van der Waals surface area contributed by atoms with E-state index in [0.717, 1.165) is 27.4 Å². The van der Waals surface area contributed by atoms with Crippen molar-refractivity contribution in [2.24, 2.45) is 0 Å². The van der Waals surface area contributed by atoms with Crippen LogP contribution in [-0.4, -0.2) is 20.5 Å². The SMILES string of the molecule is Cc1nn2c(CNC(=O)c3cc(F)ccc3Cl)c(C)nc2s1. The normalized spacial score (nSPS) is 11.1. The third-order valence-electron chi connectivity index (χ3n) is 3.19. The van der Waals surface area contributed by atoms with E-state index in [2.05, 4.69) is 15.4 Å². The number of amides is 1. The molecule has 8 heteroatoms. The molecule has 0 unspecified atom stereocenters. The first-order valence-corrected chi connectivity index (χ1v) is 7.70. The average molecular weight is 339 g/mol. The third-order valence-corrected chi connectivity index (χ3v) is 4.34. The molecule has 1 aromatic carbocycles. The van der Waals surface area contributed by atoms with Crippen LogP contribution in [0, 0.1) is 19.7 Å². The zero-order chi connectivity index (χ0) is 15.9. The van der Waals surface area contributed by atoms with Gasteiger partial charge in [-0.25, -0.2) is 13.9 Å². The molecule has 0 radical (unpaired) electrons. The molecule has 2 heterocycles. The highest BCUT2D eigenvalue weighted by Crippen LogP contribution is 2.19. The number of carbonyl (C=O) groups is 1. The van der Waals surface area contributed by atoms with Crippen LogP contribution >= 0.6 is 22.9 Å². The van der Waals surface area contributed by atoms with Crippen LogP contribution in [0.1, 0.15) is 26.8 Å². The Hall–Kier alpha value is -1.99. The molecule has 3 aromatic rings. The molecule has 1 N–H and O–H groups in total. The zero-order valence-electron chi connectivity index (χ0n) is 11.9. The minimum atomic E-state index is -0.507. The molecule has 0 saturated carbocycles. The summed E-state index contributed by atoms with van der Waals surface area (Å²) in [5.41, 5.74) is 1.69. The van der Waals surface area contributed by atoms with Crippen molar-refractivity contribution in [2.75, 3.05) is 0 Å². The van der Waals surface area contributed by atoms with Gasteiger partial charge in [-0.1, -0.05) is 22.9 Å². The number of nitrogens with zero attached hydrogens (tertiary/aromatic N) is 3. The van der Waals surface area contributed by atoms with Crippen molar-refractivity contribution in [3.8, 4) is 0 Å². The molecule has 5 nitrogen and oxygen atoms in total. The molecule has 0 bridgehead atoms. The van der Waals surface area contributed by atoms with E-state index in [1.165, 1.54) is 23.5 Å². The fourth-order valence-corrected chi connectivity index (χ4v) is 3.13. The molecule has 0 fully saturated rings. The summed E-state index contributed by atoms with van der Waals surface area (Å²) < 4.78 is 14.9. The molecule has 114 valence electrons. The number of carbonyl (C=O) groups excluding carboxylic acids is 1. The van der Waals surface area contributed by atoms with Gasteiger partial charge < -0.3 is 5.32 Å². The predicted octanol–water partition coefficient (Wildman–Crippen LogP) is 3.13. The molecule has 22 heavy (non-hydrogen) atoms. The average Bonchev–Trinajstić information content (AvgIpc) is 2.94. The van der Waals surface area contributed by atoms with E-state index in [0.29, 0.717) is 0 Å². The Kier molecular flexibility index (Phi) is 3.84. The minimum absolute atomic E-state index is 0.106. The number of aryl methyl sites for hydroxylation is 2. The molecule has 0 spiro atoms. The summed E-state index contributed by atoms with van der Waals surface area (Å²) in [4.78, 5) is 17.3. The molecular weight excluding hydrogens is 327 g/mol. The first-order valence-electron chi connectivity index (χ1n) is 6.50. The van der Waals surface area contributed by atoms with E-state index in [9.17, 15) is 9.18 Å². The van der Waals surface area contributed by atoms with Crippen LogP contribution in [0.4, 0.5) is 4.39 Å². The molecule has 1 amide bonds. The second-order valence-electron chi connectivity index (χ2n) is 4.77.